The third kappa shape index (κ3) is 3.87. The standard InChI is InChI=1S/C24H29N5OS/c1-28(2)17-13-11-16(12-14-17)15-25-27-24-26-22-21(19-9-6-10-20(19)31-22)23(30)29(24)18-7-4-3-5-8-18/h11-15,18H,3-10H2,1-2H3,(H,26,27). The second-order valence-electron chi connectivity index (χ2n) is 8.80. The summed E-state index contributed by atoms with van der Waals surface area (Å²) in [5.74, 6) is 0.575. The number of hydrogen-bond donors (Lipinski definition) is 1. The minimum absolute atomic E-state index is 0.115. The lowest BCUT2D eigenvalue weighted by molar-refractivity contribution is 0.348. The lowest BCUT2D eigenvalue weighted by Gasteiger charge is -2.25. The Balaban J connectivity index is 1.50. The first-order valence-corrected chi connectivity index (χ1v) is 12.1. The van der Waals surface area contributed by atoms with Crippen molar-refractivity contribution in [1.29, 1.82) is 0 Å². The number of fused-ring (bicyclic) bond motifs is 3. The van der Waals surface area contributed by atoms with Crippen molar-refractivity contribution < 1.29 is 0 Å². The highest BCUT2D eigenvalue weighted by Gasteiger charge is 2.26. The summed E-state index contributed by atoms with van der Waals surface area (Å²) >= 11 is 1.68. The quantitative estimate of drug-likeness (QED) is 0.454. The lowest BCUT2D eigenvalue weighted by atomic mass is 9.95. The average Bonchev–Trinajstić information content (AvgIpc) is 3.36. The number of benzene rings is 1. The van der Waals surface area contributed by atoms with Gasteiger partial charge in [0, 0.05) is 30.7 Å². The summed E-state index contributed by atoms with van der Waals surface area (Å²) in [5, 5.41) is 5.31. The molecule has 1 aromatic carbocycles. The number of thiophene rings is 1. The zero-order valence-electron chi connectivity index (χ0n) is 18.2. The van der Waals surface area contributed by atoms with Crippen LogP contribution in [0.1, 0.15) is 60.6 Å². The average molecular weight is 436 g/mol. The summed E-state index contributed by atoms with van der Waals surface area (Å²) in [6, 6.07) is 8.41. The van der Waals surface area contributed by atoms with Crippen molar-refractivity contribution in [3.05, 3.63) is 50.6 Å². The molecule has 31 heavy (non-hydrogen) atoms. The molecule has 0 amide bonds. The van der Waals surface area contributed by atoms with Gasteiger partial charge in [-0.1, -0.05) is 31.4 Å². The van der Waals surface area contributed by atoms with Gasteiger partial charge in [0.2, 0.25) is 5.95 Å². The van der Waals surface area contributed by atoms with Crippen LogP contribution in [0.5, 0.6) is 0 Å². The van der Waals surface area contributed by atoms with E-state index in [2.05, 4.69) is 27.6 Å². The van der Waals surface area contributed by atoms with E-state index < -0.39 is 0 Å². The van der Waals surface area contributed by atoms with E-state index in [-0.39, 0.29) is 11.6 Å². The van der Waals surface area contributed by atoms with Crippen LogP contribution in [-0.2, 0) is 12.8 Å². The first-order chi connectivity index (χ1) is 15.1. The number of nitrogens with zero attached hydrogens (tertiary/aromatic N) is 4. The van der Waals surface area contributed by atoms with Crippen LogP contribution in [0.15, 0.2) is 34.2 Å². The summed E-state index contributed by atoms with van der Waals surface area (Å²) < 4.78 is 1.90. The fourth-order valence-electron chi connectivity index (χ4n) is 4.84. The molecule has 0 aliphatic heterocycles. The van der Waals surface area contributed by atoms with Gasteiger partial charge in [0.15, 0.2) is 0 Å². The van der Waals surface area contributed by atoms with Crippen LogP contribution < -0.4 is 15.9 Å². The monoisotopic (exact) mass is 435 g/mol. The molecule has 6 nitrogen and oxygen atoms in total. The van der Waals surface area contributed by atoms with Crippen LogP contribution in [0.25, 0.3) is 10.2 Å². The van der Waals surface area contributed by atoms with Gasteiger partial charge in [0.25, 0.3) is 5.56 Å². The van der Waals surface area contributed by atoms with Crippen molar-refractivity contribution in [2.75, 3.05) is 24.4 Å². The maximum Gasteiger partial charge on any atom is 0.264 e. The molecule has 1 fully saturated rings. The van der Waals surface area contributed by atoms with Crippen molar-refractivity contribution >= 4 is 39.4 Å². The molecule has 162 valence electrons. The topological polar surface area (TPSA) is 62.5 Å². The summed E-state index contributed by atoms with van der Waals surface area (Å²) in [5.41, 5.74) is 6.62. The summed E-state index contributed by atoms with van der Waals surface area (Å²) in [7, 11) is 4.05. The molecule has 0 saturated heterocycles. The van der Waals surface area contributed by atoms with Crippen LogP contribution in [-0.4, -0.2) is 29.9 Å². The van der Waals surface area contributed by atoms with E-state index >= 15 is 0 Å². The largest absolute Gasteiger partial charge is 0.378 e. The second kappa shape index (κ2) is 8.46. The lowest BCUT2D eigenvalue weighted by Crippen LogP contribution is -2.29. The van der Waals surface area contributed by atoms with Crippen LogP contribution in [0.3, 0.4) is 0 Å². The van der Waals surface area contributed by atoms with Crippen molar-refractivity contribution in [3.8, 4) is 0 Å². The number of rotatable bonds is 5. The number of hydrogen-bond acceptors (Lipinski definition) is 6. The van der Waals surface area contributed by atoms with Gasteiger partial charge < -0.3 is 4.90 Å². The molecule has 2 aliphatic rings. The van der Waals surface area contributed by atoms with Crippen LogP contribution >= 0.6 is 11.3 Å². The molecular formula is C24H29N5OS. The van der Waals surface area contributed by atoms with Crippen molar-refractivity contribution in [2.45, 2.75) is 57.4 Å². The molecule has 1 saturated carbocycles. The smallest absolute Gasteiger partial charge is 0.264 e. The molecule has 3 aromatic rings. The Kier molecular flexibility index (Phi) is 5.52. The first kappa shape index (κ1) is 20.2. The van der Waals surface area contributed by atoms with Crippen molar-refractivity contribution in [1.82, 2.24) is 9.55 Å². The SMILES string of the molecule is CN(C)c1ccc(C=NNc2nc3sc4c(c3c(=O)n2C2CCCCC2)CCC4)cc1. The maximum absolute atomic E-state index is 13.6. The first-order valence-electron chi connectivity index (χ1n) is 11.2. The fourth-order valence-corrected chi connectivity index (χ4v) is 6.09. The number of aryl methyl sites for hydroxylation is 2. The summed E-state index contributed by atoms with van der Waals surface area (Å²) in [6.07, 6.45) is 10.7. The van der Waals surface area contributed by atoms with E-state index in [9.17, 15) is 4.79 Å². The minimum atomic E-state index is 0.115. The van der Waals surface area contributed by atoms with Gasteiger partial charge in [-0.05, 0) is 55.4 Å². The normalized spacial score (nSPS) is 16.8. The molecule has 5 rings (SSSR count). The Labute approximate surface area is 186 Å². The van der Waals surface area contributed by atoms with Crippen LogP contribution in [0.2, 0.25) is 0 Å². The summed E-state index contributed by atoms with van der Waals surface area (Å²) in [6.45, 7) is 0. The van der Waals surface area contributed by atoms with Gasteiger partial charge in [-0.3, -0.25) is 9.36 Å². The Morgan fingerprint density at radius 3 is 2.65 bits per heavy atom. The molecule has 2 aliphatic carbocycles. The van der Waals surface area contributed by atoms with Gasteiger partial charge in [0.05, 0.1) is 11.6 Å². The second-order valence-corrected chi connectivity index (χ2v) is 9.88. The molecule has 0 unspecified atom stereocenters. The zero-order valence-corrected chi connectivity index (χ0v) is 19.0. The van der Waals surface area contributed by atoms with Gasteiger partial charge >= 0.3 is 0 Å². The van der Waals surface area contributed by atoms with Gasteiger partial charge in [-0.2, -0.15) is 5.10 Å². The highest BCUT2D eigenvalue weighted by atomic mass is 32.1. The van der Waals surface area contributed by atoms with Crippen molar-refractivity contribution in [3.63, 3.8) is 0 Å². The van der Waals surface area contributed by atoms with Crippen molar-refractivity contribution in [2.24, 2.45) is 5.10 Å². The Bertz CT molecular complexity index is 1170. The van der Waals surface area contributed by atoms with E-state index in [1.807, 2.05) is 30.8 Å². The Morgan fingerprint density at radius 1 is 1.13 bits per heavy atom. The fraction of sp³-hybridized carbons (Fsp3) is 0.458. The highest BCUT2D eigenvalue weighted by Crippen LogP contribution is 2.37. The van der Waals surface area contributed by atoms with Gasteiger partial charge in [-0.25, -0.2) is 10.4 Å². The Hall–Kier alpha value is -2.67. The molecule has 0 bridgehead atoms. The molecule has 0 spiro atoms. The van der Waals surface area contributed by atoms with E-state index in [0.717, 1.165) is 66.4 Å². The van der Waals surface area contributed by atoms with Gasteiger partial charge in [-0.15, -0.1) is 11.3 Å². The van der Waals surface area contributed by atoms with E-state index in [0.29, 0.717) is 5.95 Å². The number of aromatic nitrogens is 2. The maximum atomic E-state index is 13.6. The third-order valence-corrected chi connectivity index (χ3v) is 7.68. The highest BCUT2D eigenvalue weighted by molar-refractivity contribution is 7.18. The van der Waals surface area contributed by atoms with E-state index in [1.165, 1.54) is 16.9 Å². The zero-order chi connectivity index (χ0) is 21.4. The predicted octanol–water partition coefficient (Wildman–Crippen LogP) is 4.96. The number of anilines is 2. The molecule has 7 heteroatoms. The molecule has 2 heterocycles. The molecule has 0 radical (unpaired) electrons. The summed E-state index contributed by atoms with van der Waals surface area (Å²) in [4.78, 5) is 22.8. The minimum Gasteiger partial charge on any atom is -0.378 e. The van der Waals surface area contributed by atoms with Gasteiger partial charge in [0.1, 0.15) is 4.83 Å². The predicted molar refractivity (Wildman–Crippen MR) is 130 cm³/mol. The molecule has 2 aromatic heterocycles. The number of hydrazone groups is 1. The van der Waals surface area contributed by atoms with Crippen LogP contribution in [0, 0.1) is 0 Å². The Morgan fingerprint density at radius 2 is 1.90 bits per heavy atom. The third-order valence-electron chi connectivity index (χ3n) is 6.50. The number of nitrogens with one attached hydrogen (secondary N) is 1. The van der Waals surface area contributed by atoms with E-state index in [4.69, 9.17) is 4.98 Å². The van der Waals surface area contributed by atoms with Crippen LogP contribution in [0.4, 0.5) is 11.6 Å². The molecule has 0 atom stereocenters. The molecular weight excluding hydrogens is 406 g/mol. The molecule has 1 N–H and O–H groups in total. The van der Waals surface area contributed by atoms with E-state index in [1.54, 1.807) is 17.6 Å².